The number of esters is 2. The van der Waals surface area contributed by atoms with Crippen molar-refractivity contribution in [1.29, 1.82) is 0 Å². The summed E-state index contributed by atoms with van der Waals surface area (Å²) in [5.74, 6) is -0.974. The lowest BCUT2D eigenvalue weighted by atomic mass is 10.3. The van der Waals surface area contributed by atoms with Gasteiger partial charge in [0.25, 0.3) is 0 Å². The van der Waals surface area contributed by atoms with E-state index in [-0.39, 0.29) is 33.2 Å². The van der Waals surface area contributed by atoms with Gasteiger partial charge in [-0.05, 0) is 0 Å². The van der Waals surface area contributed by atoms with Crippen molar-refractivity contribution in [3.05, 3.63) is 0 Å². The van der Waals surface area contributed by atoms with E-state index in [1.807, 2.05) is 0 Å². The van der Waals surface area contributed by atoms with Gasteiger partial charge in [0.15, 0.2) is 20.4 Å². The van der Waals surface area contributed by atoms with Gasteiger partial charge in [0.2, 0.25) is 0 Å². The van der Waals surface area contributed by atoms with Crippen LogP contribution < -0.4 is 0 Å². The zero-order valence-electron chi connectivity index (χ0n) is 6.99. The maximum absolute atomic E-state index is 10.8. The lowest BCUT2D eigenvalue weighted by Crippen LogP contribution is -2.10. The summed E-state index contributed by atoms with van der Waals surface area (Å²) in [7, 11) is 0. The lowest BCUT2D eigenvalue weighted by molar-refractivity contribution is -0.181. The average Bonchev–Trinajstić information content (AvgIpc) is 2.15. The van der Waals surface area contributed by atoms with Gasteiger partial charge in [0.1, 0.15) is 0 Å². The van der Waals surface area contributed by atoms with Crippen LogP contribution in [0.5, 0.6) is 0 Å². The molecule has 0 aromatic heterocycles. The van der Waals surface area contributed by atoms with Gasteiger partial charge in [-0.2, -0.15) is 0 Å². The molecule has 0 amide bonds. The van der Waals surface area contributed by atoms with Gasteiger partial charge in [-0.1, -0.05) is 0 Å². The van der Waals surface area contributed by atoms with Crippen molar-refractivity contribution in [2.45, 2.75) is 12.8 Å². The summed E-state index contributed by atoms with van der Waals surface area (Å²) in [5, 5.41) is 0. The minimum absolute atomic E-state index is 0.00218. The molecular weight excluding hydrogens is 180 g/mol. The number of carbonyl (C=O) groups is 2. The van der Waals surface area contributed by atoms with E-state index in [0.717, 1.165) is 0 Å². The number of carbonyl (C=O) groups excluding carboxylic acids is 2. The quantitative estimate of drug-likeness (QED) is 0.491. The normalized spacial score (nSPS) is 21.2. The molecule has 74 valence electrons. The fraction of sp³-hybridized carbons (Fsp3) is 0.714. The molecule has 1 aliphatic heterocycles. The summed E-state index contributed by atoms with van der Waals surface area (Å²) >= 11 is 0. The first-order chi connectivity index (χ1) is 6.29. The molecule has 1 rings (SSSR count). The van der Waals surface area contributed by atoms with Crippen LogP contribution in [0.3, 0.4) is 0 Å². The van der Waals surface area contributed by atoms with Gasteiger partial charge < -0.3 is 18.9 Å². The Morgan fingerprint density at radius 1 is 0.769 bits per heavy atom. The molecule has 0 saturated carbocycles. The number of cyclic esters (lactones) is 2. The zero-order valence-corrected chi connectivity index (χ0v) is 6.99. The first-order valence-corrected chi connectivity index (χ1v) is 3.76. The highest BCUT2D eigenvalue weighted by Gasteiger charge is 2.10. The third-order valence-electron chi connectivity index (χ3n) is 1.31. The second-order valence-electron chi connectivity index (χ2n) is 2.29. The molecule has 13 heavy (non-hydrogen) atoms. The Bertz CT molecular complexity index is 169. The molecular formula is C7H10O6. The van der Waals surface area contributed by atoms with Crippen LogP contribution in [0.25, 0.3) is 0 Å². The van der Waals surface area contributed by atoms with Crippen LogP contribution in [0.4, 0.5) is 0 Å². The van der Waals surface area contributed by atoms with Gasteiger partial charge in [0, 0.05) is 0 Å². The predicted octanol–water partition coefficient (Wildman–Crippen LogP) is -0.228. The van der Waals surface area contributed by atoms with E-state index in [0.29, 0.717) is 0 Å². The molecule has 1 aliphatic rings. The van der Waals surface area contributed by atoms with Crippen molar-refractivity contribution in [3.63, 3.8) is 0 Å². The van der Waals surface area contributed by atoms with Crippen LogP contribution in [-0.4, -0.2) is 32.3 Å². The molecule has 1 fully saturated rings. The molecule has 0 aliphatic carbocycles. The third kappa shape index (κ3) is 4.44. The van der Waals surface area contributed by atoms with Crippen molar-refractivity contribution in [2.24, 2.45) is 0 Å². The monoisotopic (exact) mass is 190 g/mol. The molecule has 0 aromatic carbocycles. The van der Waals surface area contributed by atoms with E-state index < -0.39 is 11.9 Å². The Balaban J connectivity index is 2.32. The van der Waals surface area contributed by atoms with Crippen molar-refractivity contribution in [2.75, 3.05) is 20.4 Å². The predicted molar refractivity (Wildman–Crippen MR) is 38.2 cm³/mol. The van der Waals surface area contributed by atoms with Crippen LogP contribution in [0.15, 0.2) is 0 Å². The Labute approximate surface area is 74.7 Å². The number of rotatable bonds is 0. The smallest absolute Gasteiger partial charge is 0.308 e. The van der Waals surface area contributed by atoms with Gasteiger partial charge in [0.05, 0.1) is 12.8 Å². The van der Waals surface area contributed by atoms with E-state index >= 15 is 0 Å². The summed E-state index contributed by atoms with van der Waals surface area (Å²) in [5.41, 5.74) is 0. The van der Waals surface area contributed by atoms with Crippen molar-refractivity contribution in [1.82, 2.24) is 0 Å². The lowest BCUT2D eigenvalue weighted by Gasteiger charge is -2.03. The summed E-state index contributed by atoms with van der Waals surface area (Å²) < 4.78 is 18.6. The van der Waals surface area contributed by atoms with E-state index in [4.69, 9.17) is 9.47 Å². The van der Waals surface area contributed by atoms with Crippen LogP contribution in [0.2, 0.25) is 0 Å². The van der Waals surface area contributed by atoms with E-state index in [9.17, 15) is 9.59 Å². The minimum atomic E-state index is -0.487. The number of hydrogen-bond donors (Lipinski definition) is 0. The van der Waals surface area contributed by atoms with E-state index in [1.165, 1.54) is 0 Å². The number of hydrogen-bond acceptors (Lipinski definition) is 6. The largest absolute Gasteiger partial charge is 0.438 e. The molecule has 0 unspecified atom stereocenters. The van der Waals surface area contributed by atoms with E-state index in [2.05, 4.69) is 9.47 Å². The Morgan fingerprint density at radius 3 is 1.69 bits per heavy atom. The first-order valence-electron chi connectivity index (χ1n) is 3.76. The maximum atomic E-state index is 10.8. The Hall–Kier alpha value is -1.14. The highest BCUT2D eigenvalue weighted by atomic mass is 16.8. The molecule has 1 heterocycles. The van der Waals surface area contributed by atoms with Crippen molar-refractivity contribution in [3.8, 4) is 0 Å². The second-order valence-corrected chi connectivity index (χ2v) is 2.29. The molecule has 0 bridgehead atoms. The van der Waals surface area contributed by atoms with Crippen LogP contribution >= 0.6 is 0 Å². The highest BCUT2D eigenvalue weighted by molar-refractivity contribution is 5.77. The highest BCUT2D eigenvalue weighted by Crippen LogP contribution is 1.98. The summed E-state index contributed by atoms with van der Waals surface area (Å²) in [6, 6.07) is 0. The molecule has 0 N–H and O–H groups in total. The van der Waals surface area contributed by atoms with Crippen LogP contribution in [0, 0.1) is 0 Å². The fourth-order valence-corrected chi connectivity index (χ4v) is 0.690. The standard InChI is InChI=1S/C7H10O6/c8-6-1-2-7(9)13-5-11-3-10-4-12-6/h1-5H2. The second kappa shape index (κ2) is 5.50. The maximum Gasteiger partial charge on any atom is 0.308 e. The molecule has 6 heteroatoms. The minimum Gasteiger partial charge on any atom is -0.438 e. The molecule has 1 saturated heterocycles. The first kappa shape index (κ1) is 9.94. The van der Waals surface area contributed by atoms with Gasteiger partial charge in [-0.25, -0.2) is 0 Å². The molecule has 0 spiro atoms. The Kier molecular flexibility index (Phi) is 4.20. The fourth-order valence-electron chi connectivity index (χ4n) is 0.690. The topological polar surface area (TPSA) is 71.1 Å². The van der Waals surface area contributed by atoms with Crippen LogP contribution in [0.1, 0.15) is 12.8 Å². The van der Waals surface area contributed by atoms with Crippen molar-refractivity contribution < 1.29 is 28.5 Å². The van der Waals surface area contributed by atoms with Crippen molar-refractivity contribution >= 4 is 11.9 Å². The SMILES string of the molecule is O=C1CCC(=O)OCOCOCO1. The molecule has 6 nitrogen and oxygen atoms in total. The molecule has 0 radical (unpaired) electrons. The number of ether oxygens (including phenoxy) is 4. The molecule has 0 aromatic rings. The van der Waals surface area contributed by atoms with Gasteiger partial charge >= 0.3 is 11.9 Å². The molecule has 0 atom stereocenters. The summed E-state index contributed by atoms with van der Waals surface area (Å²) in [6.07, 6.45) is 0.00435. The van der Waals surface area contributed by atoms with Gasteiger partial charge in [-0.15, -0.1) is 0 Å². The zero-order chi connectivity index (χ0) is 9.52. The average molecular weight is 190 g/mol. The Morgan fingerprint density at radius 2 is 1.23 bits per heavy atom. The van der Waals surface area contributed by atoms with Crippen LogP contribution in [-0.2, 0) is 28.5 Å². The third-order valence-corrected chi connectivity index (χ3v) is 1.31. The van der Waals surface area contributed by atoms with Gasteiger partial charge in [-0.3, -0.25) is 9.59 Å². The summed E-state index contributed by atoms with van der Waals surface area (Å²) in [4.78, 5) is 21.6. The summed E-state index contributed by atoms with van der Waals surface area (Å²) in [6.45, 7) is -0.388. The van der Waals surface area contributed by atoms with E-state index in [1.54, 1.807) is 0 Å².